The lowest BCUT2D eigenvalue weighted by Crippen LogP contribution is -2.35. The second-order valence-corrected chi connectivity index (χ2v) is 5.80. The summed E-state index contributed by atoms with van der Waals surface area (Å²) in [4.78, 5) is 12.0. The van der Waals surface area contributed by atoms with Gasteiger partial charge in [0.05, 0.1) is 6.42 Å². The number of nitrogen functional groups attached to an aromatic ring is 1. The van der Waals surface area contributed by atoms with Crippen molar-refractivity contribution in [1.29, 1.82) is 0 Å². The third kappa shape index (κ3) is 4.58. The Morgan fingerprint density at radius 1 is 1.21 bits per heavy atom. The maximum atomic E-state index is 12.0. The molecule has 2 atom stereocenters. The number of rotatable bonds is 3. The van der Waals surface area contributed by atoms with Crippen LogP contribution in [0.3, 0.4) is 0 Å². The van der Waals surface area contributed by atoms with Crippen molar-refractivity contribution in [2.75, 3.05) is 5.73 Å². The van der Waals surface area contributed by atoms with Crippen molar-refractivity contribution in [2.45, 2.75) is 51.5 Å². The van der Waals surface area contributed by atoms with E-state index in [2.05, 4.69) is 12.2 Å². The van der Waals surface area contributed by atoms with E-state index in [1.165, 1.54) is 19.3 Å². The molecule has 0 aromatic heterocycles. The number of hydrogen-bond acceptors (Lipinski definition) is 2. The van der Waals surface area contributed by atoms with Gasteiger partial charge in [-0.3, -0.25) is 4.79 Å². The zero-order chi connectivity index (χ0) is 13.7. The Morgan fingerprint density at radius 2 is 1.95 bits per heavy atom. The highest BCUT2D eigenvalue weighted by molar-refractivity contribution is 5.79. The van der Waals surface area contributed by atoms with Crippen molar-refractivity contribution < 1.29 is 4.79 Å². The molecule has 0 spiro atoms. The molecule has 1 aliphatic rings. The Morgan fingerprint density at radius 3 is 2.68 bits per heavy atom. The molecule has 1 fully saturated rings. The van der Waals surface area contributed by atoms with Crippen molar-refractivity contribution >= 4 is 11.6 Å². The summed E-state index contributed by atoms with van der Waals surface area (Å²) in [5, 5.41) is 3.17. The molecule has 1 aliphatic carbocycles. The number of amides is 1. The van der Waals surface area contributed by atoms with E-state index in [4.69, 9.17) is 5.73 Å². The van der Waals surface area contributed by atoms with E-state index in [0.29, 0.717) is 12.5 Å². The third-order valence-electron chi connectivity index (χ3n) is 3.97. The van der Waals surface area contributed by atoms with Crippen LogP contribution in [0.25, 0.3) is 0 Å². The molecule has 2 rings (SSSR count). The summed E-state index contributed by atoms with van der Waals surface area (Å²) in [5.41, 5.74) is 7.40. The molecule has 3 N–H and O–H groups in total. The van der Waals surface area contributed by atoms with Crippen LogP contribution in [0.5, 0.6) is 0 Å². The van der Waals surface area contributed by atoms with Crippen molar-refractivity contribution in [3.8, 4) is 0 Å². The molecule has 1 aromatic rings. The number of carbonyl (C=O) groups is 1. The average molecular weight is 260 g/mol. The summed E-state index contributed by atoms with van der Waals surface area (Å²) in [7, 11) is 0. The van der Waals surface area contributed by atoms with E-state index >= 15 is 0 Å². The van der Waals surface area contributed by atoms with Gasteiger partial charge in [0, 0.05) is 11.7 Å². The second kappa shape index (κ2) is 6.60. The number of hydrogen-bond donors (Lipinski definition) is 2. The van der Waals surface area contributed by atoms with Crippen LogP contribution in [-0.2, 0) is 11.2 Å². The Balaban J connectivity index is 1.82. The van der Waals surface area contributed by atoms with E-state index in [1.54, 1.807) is 0 Å². The molecule has 104 valence electrons. The topological polar surface area (TPSA) is 55.1 Å². The molecule has 0 bridgehead atoms. The lowest BCUT2D eigenvalue weighted by Gasteiger charge is -2.16. The molecular weight excluding hydrogens is 236 g/mol. The van der Waals surface area contributed by atoms with E-state index in [-0.39, 0.29) is 5.91 Å². The molecule has 3 nitrogen and oxygen atoms in total. The van der Waals surface area contributed by atoms with Crippen molar-refractivity contribution in [1.82, 2.24) is 5.32 Å². The first-order valence-electron chi connectivity index (χ1n) is 7.27. The van der Waals surface area contributed by atoms with Crippen molar-refractivity contribution in [3.63, 3.8) is 0 Å². The highest BCUT2D eigenvalue weighted by Crippen LogP contribution is 2.22. The summed E-state index contributed by atoms with van der Waals surface area (Å²) in [6.07, 6.45) is 6.45. The molecule has 1 aromatic carbocycles. The fourth-order valence-electron chi connectivity index (χ4n) is 2.73. The van der Waals surface area contributed by atoms with E-state index < -0.39 is 0 Å². The van der Waals surface area contributed by atoms with Crippen LogP contribution < -0.4 is 11.1 Å². The van der Waals surface area contributed by atoms with E-state index in [1.807, 2.05) is 24.3 Å². The zero-order valence-corrected chi connectivity index (χ0v) is 11.7. The first-order valence-corrected chi connectivity index (χ1v) is 7.27. The molecule has 19 heavy (non-hydrogen) atoms. The Hall–Kier alpha value is -1.51. The Bertz CT molecular complexity index is 413. The predicted octanol–water partition coefficient (Wildman–Crippen LogP) is 2.90. The monoisotopic (exact) mass is 260 g/mol. The standard InChI is InChI=1S/C16H24N2O/c1-12-3-2-4-15(10-5-12)18-16(19)11-13-6-8-14(17)9-7-13/h6-9,12,15H,2-5,10-11,17H2,1H3,(H,18,19). The maximum Gasteiger partial charge on any atom is 0.224 e. The van der Waals surface area contributed by atoms with Gasteiger partial charge in [0.1, 0.15) is 0 Å². The van der Waals surface area contributed by atoms with Gasteiger partial charge in [0.25, 0.3) is 0 Å². The number of anilines is 1. The summed E-state index contributed by atoms with van der Waals surface area (Å²) in [5.74, 6) is 0.934. The molecule has 0 aliphatic heterocycles. The van der Waals surface area contributed by atoms with Crippen molar-refractivity contribution in [2.24, 2.45) is 5.92 Å². The summed E-state index contributed by atoms with van der Waals surface area (Å²) >= 11 is 0. The Kier molecular flexibility index (Phi) is 4.83. The maximum absolute atomic E-state index is 12.0. The lowest BCUT2D eigenvalue weighted by atomic mass is 10.0. The third-order valence-corrected chi connectivity index (χ3v) is 3.97. The first-order chi connectivity index (χ1) is 9.13. The van der Waals surface area contributed by atoms with Gasteiger partial charge in [-0.2, -0.15) is 0 Å². The van der Waals surface area contributed by atoms with Gasteiger partial charge in [-0.25, -0.2) is 0 Å². The van der Waals surface area contributed by atoms with Crippen LogP contribution >= 0.6 is 0 Å². The largest absolute Gasteiger partial charge is 0.399 e. The van der Waals surface area contributed by atoms with Crippen LogP contribution in [-0.4, -0.2) is 11.9 Å². The number of benzene rings is 1. The molecule has 1 saturated carbocycles. The number of nitrogens with two attached hydrogens (primary N) is 1. The van der Waals surface area contributed by atoms with Crippen molar-refractivity contribution in [3.05, 3.63) is 29.8 Å². The highest BCUT2D eigenvalue weighted by Gasteiger charge is 2.17. The fraction of sp³-hybridized carbons (Fsp3) is 0.562. The molecule has 0 saturated heterocycles. The molecule has 2 unspecified atom stereocenters. The summed E-state index contributed by atoms with van der Waals surface area (Å²) in [6, 6.07) is 7.89. The molecule has 1 amide bonds. The smallest absolute Gasteiger partial charge is 0.224 e. The van der Waals surface area contributed by atoms with Crippen LogP contribution in [0, 0.1) is 5.92 Å². The average Bonchev–Trinajstić information content (AvgIpc) is 2.57. The predicted molar refractivity (Wildman–Crippen MR) is 78.7 cm³/mol. The minimum Gasteiger partial charge on any atom is -0.399 e. The molecule has 0 radical (unpaired) electrons. The van der Waals surface area contributed by atoms with Crippen LogP contribution in [0.15, 0.2) is 24.3 Å². The lowest BCUT2D eigenvalue weighted by molar-refractivity contribution is -0.121. The second-order valence-electron chi connectivity index (χ2n) is 5.80. The van der Waals surface area contributed by atoms with E-state index in [9.17, 15) is 4.79 Å². The van der Waals surface area contributed by atoms with Gasteiger partial charge in [-0.1, -0.05) is 31.9 Å². The molecular formula is C16H24N2O. The minimum absolute atomic E-state index is 0.129. The van der Waals surface area contributed by atoms with Gasteiger partial charge in [-0.15, -0.1) is 0 Å². The number of nitrogens with one attached hydrogen (secondary N) is 1. The number of carbonyl (C=O) groups excluding carboxylic acids is 1. The SMILES string of the molecule is CC1CCCC(NC(=O)Cc2ccc(N)cc2)CC1. The Labute approximate surface area is 115 Å². The van der Waals surface area contributed by atoms with Crippen LogP contribution in [0.2, 0.25) is 0 Å². The normalized spacial score (nSPS) is 23.6. The summed E-state index contributed by atoms with van der Waals surface area (Å²) in [6.45, 7) is 2.30. The fourth-order valence-corrected chi connectivity index (χ4v) is 2.73. The first kappa shape index (κ1) is 13.9. The van der Waals surface area contributed by atoms with Crippen LogP contribution in [0.4, 0.5) is 5.69 Å². The van der Waals surface area contributed by atoms with Crippen LogP contribution in [0.1, 0.15) is 44.6 Å². The minimum atomic E-state index is 0.129. The molecule has 3 heteroatoms. The summed E-state index contributed by atoms with van der Waals surface area (Å²) < 4.78 is 0. The quantitative estimate of drug-likeness (QED) is 0.648. The highest BCUT2D eigenvalue weighted by atomic mass is 16.1. The van der Waals surface area contributed by atoms with Gasteiger partial charge >= 0.3 is 0 Å². The van der Waals surface area contributed by atoms with Gasteiger partial charge in [-0.05, 0) is 42.9 Å². The molecule has 0 heterocycles. The van der Waals surface area contributed by atoms with Gasteiger partial charge in [0.2, 0.25) is 5.91 Å². The van der Waals surface area contributed by atoms with Gasteiger partial charge in [0.15, 0.2) is 0 Å². The zero-order valence-electron chi connectivity index (χ0n) is 11.7. The van der Waals surface area contributed by atoms with Gasteiger partial charge < -0.3 is 11.1 Å². The van der Waals surface area contributed by atoms with E-state index in [0.717, 1.165) is 30.0 Å².